The number of carbonyl (C=O) groups excluding carboxylic acids is 1. The molecular formula is C12H7Cl2FN2O. The van der Waals surface area contributed by atoms with Crippen molar-refractivity contribution in [3.8, 4) is 0 Å². The predicted molar refractivity (Wildman–Crippen MR) is 68.6 cm³/mol. The Kier molecular flexibility index (Phi) is 3.79. The van der Waals surface area contributed by atoms with Gasteiger partial charge in [-0.1, -0.05) is 29.3 Å². The van der Waals surface area contributed by atoms with Crippen LogP contribution in [0.5, 0.6) is 0 Å². The van der Waals surface area contributed by atoms with Gasteiger partial charge in [0.2, 0.25) is 0 Å². The lowest BCUT2D eigenvalue weighted by molar-refractivity contribution is 0.102. The predicted octanol–water partition coefficient (Wildman–Crippen LogP) is 3.78. The van der Waals surface area contributed by atoms with Crippen LogP contribution in [-0.2, 0) is 0 Å². The van der Waals surface area contributed by atoms with Crippen LogP contribution in [0.2, 0.25) is 10.2 Å². The van der Waals surface area contributed by atoms with E-state index in [-0.39, 0.29) is 15.7 Å². The molecule has 1 amide bonds. The molecule has 6 heteroatoms. The molecule has 0 saturated heterocycles. The summed E-state index contributed by atoms with van der Waals surface area (Å²) < 4.78 is 13.5. The summed E-state index contributed by atoms with van der Waals surface area (Å²) in [5, 5.41) is 2.61. The molecule has 1 heterocycles. The van der Waals surface area contributed by atoms with Crippen LogP contribution in [0.4, 0.5) is 10.1 Å². The van der Waals surface area contributed by atoms with Crippen LogP contribution < -0.4 is 5.32 Å². The van der Waals surface area contributed by atoms with E-state index in [9.17, 15) is 9.18 Å². The number of rotatable bonds is 2. The van der Waals surface area contributed by atoms with Crippen LogP contribution in [0.25, 0.3) is 0 Å². The lowest BCUT2D eigenvalue weighted by Gasteiger charge is -2.08. The minimum absolute atomic E-state index is 0.0347. The minimum Gasteiger partial charge on any atom is -0.319 e. The molecule has 1 aromatic heterocycles. The van der Waals surface area contributed by atoms with Crippen molar-refractivity contribution in [2.45, 2.75) is 0 Å². The molecule has 0 bridgehead atoms. The van der Waals surface area contributed by atoms with E-state index < -0.39 is 11.7 Å². The Morgan fingerprint density at radius 3 is 2.67 bits per heavy atom. The van der Waals surface area contributed by atoms with Crippen molar-refractivity contribution in [2.75, 3.05) is 5.32 Å². The number of aromatic nitrogens is 1. The maximum atomic E-state index is 13.5. The van der Waals surface area contributed by atoms with Crippen molar-refractivity contribution in [3.63, 3.8) is 0 Å². The number of amides is 1. The Morgan fingerprint density at radius 2 is 2.00 bits per heavy atom. The summed E-state index contributed by atoms with van der Waals surface area (Å²) in [4.78, 5) is 15.7. The summed E-state index contributed by atoms with van der Waals surface area (Å²) >= 11 is 11.6. The number of pyridine rings is 1. The van der Waals surface area contributed by atoms with Crippen LogP contribution in [0.1, 0.15) is 10.4 Å². The summed E-state index contributed by atoms with van der Waals surface area (Å²) in [6.07, 6.45) is 1.48. The molecule has 1 aromatic carbocycles. The van der Waals surface area contributed by atoms with Gasteiger partial charge in [-0.05, 0) is 24.3 Å². The molecule has 0 unspecified atom stereocenters. The Bertz CT molecular complexity index is 584. The van der Waals surface area contributed by atoms with Crippen LogP contribution in [0.15, 0.2) is 36.5 Å². The van der Waals surface area contributed by atoms with Crippen molar-refractivity contribution in [3.05, 3.63) is 58.1 Å². The molecule has 0 aliphatic carbocycles. The maximum absolute atomic E-state index is 13.5. The summed E-state index contributed by atoms with van der Waals surface area (Å²) in [7, 11) is 0. The van der Waals surface area contributed by atoms with E-state index in [1.165, 1.54) is 18.3 Å². The molecule has 3 nitrogen and oxygen atoms in total. The van der Waals surface area contributed by atoms with Crippen molar-refractivity contribution in [2.24, 2.45) is 0 Å². The second-order valence-corrected chi connectivity index (χ2v) is 4.16. The van der Waals surface area contributed by atoms with Gasteiger partial charge in [0.05, 0.1) is 16.3 Å². The average Bonchev–Trinajstić information content (AvgIpc) is 2.32. The third-order valence-electron chi connectivity index (χ3n) is 2.20. The normalized spacial score (nSPS) is 10.2. The van der Waals surface area contributed by atoms with Gasteiger partial charge in [-0.2, -0.15) is 0 Å². The van der Waals surface area contributed by atoms with Crippen LogP contribution in [0.3, 0.4) is 0 Å². The first-order chi connectivity index (χ1) is 8.59. The number of hydrogen-bond donors (Lipinski definition) is 1. The first-order valence-electron chi connectivity index (χ1n) is 4.95. The van der Waals surface area contributed by atoms with Gasteiger partial charge in [0, 0.05) is 6.20 Å². The molecule has 0 atom stereocenters. The Hall–Kier alpha value is -1.65. The third kappa shape index (κ3) is 2.60. The fourth-order valence-electron chi connectivity index (χ4n) is 1.38. The molecule has 2 rings (SSSR count). The van der Waals surface area contributed by atoms with E-state index >= 15 is 0 Å². The van der Waals surface area contributed by atoms with Gasteiger partial charge in [-0.3, -0.25) is 4.79 Å². The van der Waals surface area contributed by atoms with E-state index in [2.05, 4.69) is 10.3 Å². The number of benzene rings is 1. The molecule has 0 spiro atoms. The highest BCUT2D eigenvalue weighted by atomic mass is 35.5. The largest absolute Gasteiger partial charge is 0.319 e. The monoisotopic (exact) mass is 284 g/mol. The smallest absolute Gasteiger partial charge is 0.260 e. The van der Waals surface area contributed by atoms with Gasteiger partial charge in [-0.15, -0.1) is 0 Å². The standard InChI is InChI=1S/C12H7Cl2FN2O/c13-7-3-1-4-8(15)10(7)12(18)17-9-5-2-6-16-11(9)14/h1-6H,(H,17,18). The zero-order chi connectivity index (χ0) is 13.1. The highest BCUT2D eigenvalue weighted by Crippen LogP contribution is 2.22. The van der Waals surface area contributed by atoms with Crippen molar-refractivity contribution < 1.29 is 9.18 Å². The molecule has 1 N–H and O–H groups in total. The molecule has 92 valence electrons. The Morgan fingerprint density at radius 1 is 1.22 bits per heavy atom. The third-order valence-corrected chi connectivity index (χ3v) is 2.81. The summed E-state index contributed by atoms with van der Waals surface area (Å²) in [5.74, 6) is -1.37. The molecule has 18 heavy (non-hydrogen) atoms. The average molecular weight is 285 g/mol. The minimum atomic E-state index is -0.694. The molecule has 0 saturated carbocycles. The molecule has 0 aliphatic rings. The Balaban J connectivity index is 2.31. The quantitative estimate of drug-likeness (QED) is 0.853. The van der Waals surface area contributed by atoms with Gasteiger partial charge < -0.3 is 5.32 Å². The number of nitrogens with zero attached hydrogens (tertiary/aromatic N) is 1. The summed E-state index contributed by atoms with van der Waals surface area (Å²) in [5.41, 5.74) is 0.0718. The van der Waals surface area contributed by atoms with Crippen LogP contribution in [0, 0.1) is 5.82 Å². The molecule has 0 radical (unpaired) electrons. The SMILES string of the molecule is O=C(Nc1cccnc1Cl)c1c(F)cccc1Cl. The fraction of sp³-hybridized carbons (Fsp3) is 0. The van der Waals surface area contributed by atoms with Gasteiger partial charge in [0.25, 0.3) is 5.91 Å². The second kappa shape index (κ2) is 5.33. The zero-order valence-electron chi connectivity index (χ0n) is 8.95. The fourth-order valence-corrected chi connectivity index (χ4v) is 1.79. The van der Waals surface area contributed by atoms with Crippen molar-refractivity contribution >= 4 is 34.8 Å². The Labute approximate surface area is 113 Å². The topological polar surface area (TPSA) is 42.0 Å². The first kappa shape index (κ1) is 12.8. The van der Waals surface area contributed by atoms with Crippen molar-refractivity contribution in [1.82, 2.24) is 4.98 Å². The van der Waals surface area contributed by atoms with Gasteiger partial charge >= 0.3 is 0 Å². The van der Waals surface area contributed by atoms with Crippen molar-refractivity contribution in [1.29, 1.82) is 0 Å². The molecule has 0 aliphatic heterocycles. The number of nitrogens with one attached hydrogen (secondary N) is 1. The maximum Gasteiger partial charge on any atom is 0.260 e. The van der Waals surface area contributed by atoms with Gasteiger partial charge in [0.1, 0.15) is 5.82 Å². The lowest BCUT2D eigenvalue weighted by Crippen LogP contribution is -2.14. The van der Waals surface area contributed by atoms with Crippen LogP contribution >= 0.6 is 23.2 Å². The van der Waals surface area contributed by atoms with E-state index in [1.54, 1.807) is 12.1 Å². The van der Waals surface area contributed by atoms with Crippen LogP contribution in [-0.4, -0.2) is 10.9 Å². The van der Waals surface area contributed by atoms with Gasteiger partial charge in [0.15, 0.2) is 5.15 Å². The summed E-state index contributed by atoms with van der Waals surface area (Å²) in [6, 6.07) is 7.17. The number of carbonyl (C=O) groups is 1. The number of anilines is 1. The first-order valence-corrected chi connectivity index (χ1v) is 5.71. The summed E-state index contributed by atoms with van der Waals surface area (Å²) in [6.45, 7) is 0. The zero-order valence-corrected chi connectivity index (χ0v) is 10.5. The van der Waals surface area contributed by atoms with E-state index in [1.807, 2.05) is 0 Å². The van der Waals surface area contributed by atoms with E-state index in [4.69, 9.17) is 23.2 Å². The highest BCUT2D eigenvalue weighted by Gasteiger charge is 2.16. The van der Waals surface area contributed by atoms with Gasteiger partial charge in [-0.25, -0.2) is 9.37 Å². The highest BCUT2D eigenvalue weighted by molar-refractivity contribution is 6.35. The number of halogens is 3. The van der Waals surface area contributed by atoms with E-state index in [0.717, 1.165) is 6.07 Å². The molecular weight excluding hydrogens is 278 g/mol. The second-order valence-electron chi connectivity index (χ2n) is 3.39. The number of hydrogen-bond acceptors (Lipinski definition) is 2. The lowest BCUT2D eigenvalue weighted by atomic mass is 10.2. The molecule has 0 fully saturated rings. The van der Waals surface area contributed by atoms with E-state index in [0.29, 0.717) is 5.69 Å². The molecule has 2 aromatic rings.